The van der Waals surface area contributed by atoms with E-state index in [1.165, 1.54) is 0 Å². The second kappa shape index (κ2) is 8.98. The summed E-state index contributed by atoms with van der Waals surface area (Å²) in [6.07, 6.45) is 0. The lowest BCUT2D eigenvalue weighted by Gasteiger charge is -2.10. The number of benzene rings is 1. The summed E-state index contributed by atoms with van der Waals surface area (Å²) in [6.45, 7) is 0. The minimum Gasteiger partial charge on any atom is -0.545 e. The lowest BCUT2D eigenvalue weighted by atomic mass is 10.1. The molecule has 10 heteroatoms. The van der Waals surface area contributed by atoms with Gasteiger partial charge in [0, 0.05) is 5.56 Å². The molecule has 9 nitrogen and oxygen atoms in total. The quantitative estimate of drug-likeness (QED) is 0.467. The summed E-state index contributed by atoms with van der Waals surface area (Å²) in [5, 5.41) is 20.9. The monoisotopic (exact) mass is 308 g/mol. The first-order valence-corrected chi connectivity index (χ1v) is 6.63. The Morgan fingerprint density at radius 1 is 1.05 bits per heavy atom. The van der Waals surface area contributed by atoms with Crippen LogP contribution in [0.25, 0.3) is 0 Å². The SMILES string of the molecule is C[NH3+].C[NH3+].O=C([O-])c1ccc(C(=O)[O-])c(S(=O)(=O)O)c1. The van der Waals surface area contributed by atoms with Gasteiger partial charge in [0.1, 0.15) is 4.90 Å². The molecular weight excluding hydrogens is 292 g/mol. The molecular formula is C10H16N2O7S. The zero-order valence-corrected chi connectivity index (χ0v) is 11.8. The van der Waals surface area contributed by atoms with Crippen LogP contribution >= 0.6 is 0 Å². The molecule has 1 aromatic carbocycles. The van der Waals surface area contributed by atoms with Crippen molar-refractivity contribution in [1.29, 1.82) is 0 Å². The van der Waals surface area contributed by atoms with Gasteiger partial charge in [-0.05, 0) is 11.6 Å². The third-order valence-corrected chi connectivity index (χ3v) is 2.61. The number of carboxylic acid groups (broad SMARTS) is 2. The highest BCUT2D eigenvalue weighted by atomic mass is 32.2. The Bertz CT molecular complexity index is 569. The molecule has 0 aliphatic heterocycles. The van der Waals surface area contributed by atoms with Crippen LogP contribution in [-0.4, -0.2) is 39.0 Å². The van der Waals surface area contributed by atoms with Crippen molar-refractivity contribution < 1.29 is 44.2 Å². The predicted molar refractivity (Wildman–Crippen MR) is 62.5 cm³/mol. The summed E-state index contributed by atoms with van der Waals surface area (Å²) in [5.74, 6) is -3.55. The standard InChI is InChI=1S/C8H6O7S.2CH5N/c9-7(10)4-1-2-5(8(11)12)6(3-4)16(13,14)15;2*1-2/h1-3H,(H,9,10)(H,11,12)(H,13,14,15);2*2H2,1H3. The van der Waals surface area contributed by atoms with E-state index in [-0.39, 0.29) is 0 Å². The molecule has 7 N–H and O–H groups in total. The molecule has 20 heavy (non-hydrogen) atoms. The Labute approximate surface area is 115 Å². The number of rotatable bonds is 3. The average molecular weight is 308 g/mol. The van der Waals surface area contributed by atoms with Crippen LogP contribution in [0.2, 0.25) is 0 Å². The lowest BCUT2D eigenvalue weighted by Crippen LogP contribution is -2.40. The van der Waals surface area contributed by atoms with Crippen molar-refractivity contribution in [2.24, 2.45) is 0 Å². The van der Waals surface area contributed by atoms with Crippen LogP contribution in [0.15, 0.2) is 23.1 Å². The van der Waals surface area contributed by atoms with Gasteiger partial charge >= 0.3 is 0 Å². The second-order valence-electron chi connectivity index (χ2n) is 2.76. The van der Waals surface area contributed by atoms with Gasteiger partial charge in [0.15, 0.2) is 0 Å². The molecule has 0 aliphatic rings. The van der Waals surface area contributed by atoms with Crippen molar-refractivity contribution in [2.75, 3.05) is 14.1 Å². The number of carboxylic acids is 2. The van der Waals surface area contributed by atoms with E-state index >= 15 is 0 Å². The van der Waals surface area contributed by atoms with Gasteiger partial charge in [0.25, 0.3) is 10.1 Å². The van der Waals surface area contributed by atoms with E-state index in [0.29, 0.717) is 12.1 Å². The molecule has 0 unspecified atom stereocenters. The summed E-state index contributed by atoms with van der Waals surface area (Å²) in [4.78, 5) is 19.9. The topological polar surface area (TPSA) is 190 Å². The third kappa shape index (κ3) is 5.75. The highest BCUT2D eigenvalue weighted by Gasteiger charge is 2.17. The number of quaternary nitrogens is 2. The fourth-order valence-corrected chi connectivity index (χ4v) is 1.74. The highest BCUT2D eigenvalue weighted by molar-refractivity contribution is 7.86. The van der Waals surface area contributed by atoms with E-state index in [0.717, 1.165) is 6.07 Å². The van der Waals surface area contributed by atoms with Crippen LogP contribution in [0.5, 0.6) is 0 Å². The van der Waals surface area contributed by atoms with Gasteiger partial charge in [-0.3, -0.25) is 4.55 Å². The molecule has 0 radical (unpaired) electrons. The zero-order valence-electron chi connectivity index (χ0n) is 11.0. The molecule has 0 spiro atoms. The lowest BCUT2D eigenvalue weighted by molar-refractivity contribution is -0.325. The van der Waals surface area contributed by atoms with Gasteiger partial charge in [-0.2, -0.15) is 8.42 Å². The summed E-state index contributed by atoms with van der Waals surface area (Å²) in [7, 11) is -1.35. The van der Waals surface area contributed by atoms with E-state index in [1.54, 1.807) is 14.1 Å². The van der Waals surface area contributed by atoms with Gasteiger partial charge in [-0.25, -0.2) is 0 Å². The Morgan fingerprint density at radius 3 is 1.80 bits per heavy atom. The first-order chi connectivity index (χ1) is 9.23. The van der Waals surface area contributed by atoms with Crippen LogP contribution in [0.3, 0.4) is 0 Å². The maximum Gasteiger partial charge on any atom is 0.295 e. The molecule has 0 aliphatic carbocycles. The Morgan fingerprint density at radius 2 is 1.50 bits per heavy atom. The summed E-state index contributed by atoms with van der Waals surface area (Å²) in [5.41, 5.74) is 5.10. The minimum atomic E-state index is -4.85. The molecule has 0 atom stereocenters. The van der Waals surface area contributed by atoms with Crippen LogP contribution in [0.1, 0.15) is 20.7 Å². The Balaban J connectivity index is 0. The number of aromatic carboxylic acids is 2. The molecule has 0 saturated carbocycles. The van der Waals surface area contributed by atoms with Crippen LogP contribution < -0.4 is 21.7 Å². The smallest absolute Gasteiger partial charge is 0.295 e. The second-order valence-corrected chi connectivity index (χ2v) is 4.15. The van der Waals surface area contributed by atoms with Crippen molar-refractivity contribution in [3.63, 3.8) is 0 Å². The van der Waals surface area contributed by atoms with Crippen molar-refractivity contribution >= 4 is 22.1 Å². The first-order valence-electron chi connectivity index (χ1n) is 5.19. The summed E-state index contributed by atoms with van der Waals surface area (Å²) >= 11 is 0. The summed E-state index contributed by atoms with van der Waals surface area (Å²) < 4.78 is 30.3. The van der Waals surface area contributed by atoms with Gasteiger partial charge in [-0.1, -0.05) is 12.1 Å². The zero-order chi connectivity index (χ0) is 16.5. The van der Waals surface area contributed by atoms with Crippen LogP contribution in [0, 0.1) is 0 Å². The number of hydrogen-bond donors (Lipinski definition) is 3. The highest BCUT2D eigenvalue weighted by Crippen LogP contribution is 2.16. The van der Waals surface area contributed by atoms with E-state index in [2.05, 4.69) is 11.5 Å². The van der Waals surface area contributed by atoms with Crippen molar-refractivity contribution in [1.82, 2.24) is 0 Å². The molecule has 1 aromatic rings. The molecule has 0 bridgehead atoms. The molecule has 1 rings (SSSR count). The van der Waals surface area contributed by atoms with E-state index in [4.69, 9.17) is 4.55 Å². The molecule has 114 valence electrons. The van der Waals surface area contributed by atoms with E-state index in [1.807, 2.05) is 0 Å². The average Bonchev–Trinajstić information content (AvgIpc) is 2.41. The van der Waals surface area contributed by atoms with Gasteiger partial charge in [0.2, 0.25) is 0 Å². The maximum atomic E-state index is 10.8. The fraction of sp³-hybridized carbons (Fsp3) is 0.200. The van der Waals surface area contributed by atoms with Crippen LogP contribution in [0.4, 0.5) is 0 Å². The Hall–Kier alpha value is -2.01. The van der Waals surface area contributed by atoms with Gasteiger partial charge in [0.05, 0.1) is 26.0 Å². The van der Waals surface area contributed by atoms with Crippen molar-refractivity contribution in [3.8, 4) is 0 Å². The predicted octanol–water partition coefficient (Wildman–Crippen LogP) is -4.62. The number of hydrogen-bond acceptors (Lipinski definition) is 6. The molecule has 0 heterocycles. The number of carbonyl (C=O) groups is 2. The maximum absolute atomic E-state index is 10.8. The summed E-state index contributed by atoms with van der Waals surface area (Å²) in [6, 6.07) is 2.01. The molecule has 0 saturated heterocycles. The van der Waals surface area contributed by atoms with Gasteiger partial charge < -0.3 is 31.3 Å². The van der Waals surface area contributed by atoms with E-state index < -0.39 is 38.1 Å². The largest absolute Gasteiger partial charge is 0.545 e. The van der Waals surface area contributed by atoms with Crippen LogP contribution in [-0.2, 0) is 10.1 Å². The molecule has 0 amide bonds. The fourth-order valence-electron chi connectivity index (χ4n) is 1.03. The van der Waals surface area contributed by atoms with E-state index in [9.17, 15) is 28.2 Å². The molecule has 0 aromatic heterocycles. The van der Waals surface area contributed by atoms with Crippen molar-refractivity contribution in [3.05, 3.63) is 29.3 Å². The normalized spacial score (nSPS) is 9.45. The van der Waals surface area contributed by atoms with Gasteiger partial charge in [-0.15, -0.1) is 0 Å². The third-order valence-electron chi connectivity index (χ3n) is 1.72. The number of carbonyl (C=O) groups excluding carboxylic acids is 2. The minimum absolute atomic E-state index is 0.482. The molecule has 0 fully saturated rings. The van der Waals surface area contributed by atoms with Crippen molar-refractivity contribution in [2.45, 2.75) is 4.90 Å². The Kier molecular flexibility index (Phi) is 9.12. The first kappa shape index (κ1) is 20.3.